The van der Waals surface area contributed by atoms with Crippen molar-refractivity contribution in [1.29, 1.82) is 0 Å². The van der Waals surface area contributed by atoms with E-state index in [0.717, 1.165) is 32.1 Å². The summed E-state index contributed by atoms with van der Waals surface area (Å²) in [6.45, 7) is 8.72. The third kappa shape index (κ3) is 5.65. The fourth-order valence-corrected chi connectivity index (χ4v) is 4.06. The van der Waals surface area contributed by atoms with E-state index in [9.17, 15) is 4.79 Å². The Balaban J connectivity index is 2.11. The van der Waals surface area contributed by atoms with Crippen LogP contribution in [0.15, 0.2) is 37.4 Å². The average molecular weight is 355 g/mol. The van der Waals surface area contributed by atoms with Gasteiger partial charge in [-0.3, -0.25) is 4.90 Å². The van der Waals surface area contributed by atoms with Gasteiger partial charge in [0.1, 0.15) is 6.29 Å². The van der Waals surface area contributed by atoms with Crippen molar-refractivity contribution in [3.63, 3.8) is 0 Å². The molecular weight excluding hydrogens is 320 g/mol. The van der Waals surface area contributed by atoms with Gasteiger partial charge in [0.25, 0.3) is 0 Å². The van der Waals surface area contributed by atoms with E-state index in [-0.39, 0.29) is 6.04 Å². The summed E-state index contributed by atoms with van der Waals surface area (Å²) in [5.74, 6) is 0.595. The van der Waals surface area contributed by atoms with Crippen LogP contribution in [0.4, 0.5) is 0 Å². The second-order valence-electron chi connectivity index (χ2n) is 7.61. The van der Waals surface area contributed by atoms with Crippen LogP contribution in [0.3, 0.4) is 0 Å². The summed E-state index contributed by atoms with van der Waals surface area (Å²) >= 11 is 0. The first-order valence-corrected chi connectivity index (χ1v) is 9.85. The average Bonchev–Trinajstić information content (AvgIpc) is 2.64. The molecule has 1 saturated carbocycles. The van der Waals surface area contributed by atoms with Crippen LogP contribution in [0.5, 0.6) is 0 Å². The molecular formula is C23H34N2O. The molecule has 0 aliphatic heterocycles. The largest absolute Gasteiger partial charge is 0.327 e. The smallest absolute Gasteiger partial charge is 0.120 e. The van der Waals surface area contributed by atoms with Crippen LogP contribution in [-0.2, 0) is 17.8 Å². The third-order valence-electron chi connectivity index (χ3n) is 5.73. The molecule has 2 N–H and O–H groups in total. The molecule has 0 saturated heterocycles. The van der Waals surface area contributed by atoms with Gasteiger partial charge in [0.2, 0.25) is 0 Å². The highest BCUT2D eigenvalue weighted by molar-refractivity contribution is 5.53. The van der Waals surface area contributed by atoms with E-state index < -0.39 is 0 Å². The first-order valence-electron chi connectivity index (χ1n) is 9.85. The number of benzene rings is 1. The maximum atomic E-state index is 10.7. The van der Waals surface area contributed by atoms with Gasteiger partial charge in [-0.05, 0) is 55.3 Å². The maximum absolute atomic E-state index is 10.7. The maximum Gasteiger partial charge on any atom is 0.120 e. The SMILES string of the molecule is C=Cc1ccc(C[C@H]2CCCCC2N)cc1CN(C)C(C=C)CCC=O. The lowest BCUT2D eigenvalue weighted by Gasteiger charge is -2.29. The molecule has 2 unspecified atom stereocenters. The highest BCUT2D eigenvalue weighted by atomic mass is 16.1. The van der Waals surface area contributed by atoms with E-state index in [4.69, 9.17) is 5.73 Å². The highest BCUT2D eigenvalue weighted by Gasteiger charge is 2.22. The molecule has 1 aromatic rings. The Morgan fingerprint density at radius 2 is 2.08 bits per heavy atom. The number of likely N-dealkylation sites (N-methyl/N-ethyl adjacent to an activating group) is 1. The molecule has 0 amide bonds. The quantitative estimate of drug-likeness (QED) is 0.502. The highest BCUT2D eigenvalue weighted by Crippen LogP contribution is 2.27. The second kappa shape index (κ2) is 10.4. The molecule has 0 spiro atoms. The van der Waals surface area contributed by atoms with Crippen molar-refractivity contribution in [2.75, 3.05) is 7.05 Å². The predicted octanol–water partition coefficient (Wildman–Crippen LogP) is 4.36. The summed E-state index contributed by atoms with van der Waals surface area (Å²) < 4.78 is 0. The Morgan fingerprint density at radius 3 is 2.73 bits per heavy atom. The molecule has 1 aromatic carbocycles. The number of nitrogens with zero attached hydrogens (tertiary/aromatic N) is 1. The second-order valence-corrected chi connectivity index (χ2v) is 7.61. The van der Waals surface area contributed by atoms with E-state index in [1.807, 2.05) is 12.2 Å². The van der Waals surface area contributed by atoms with Crippen molar-refractivity contribution in [1.82, 2.24) is 4.90 Å². The summed E-state index contributed by atoms with van der Waals surface area (Å²) in [7, 11) is 2.09. The fourth-order valence-electron chi connectivity index (χ4n) is 4.06. The van der Waals surface area contributed by atoms with Gasteiger partial charge in [-0.15, -0.1) is 6.58 Å². The molecule has 2 rings (SSSR count). The normalized spacial score (nSPS) is 21.3. The van der Waals surface area contributed by atoms with E-state index in [0.29, 0.717) is 18.4 Å². The lowest BCUT2D eigenvalue weighted by molar-refractivity contribution is -0.108. The summed E-state index contributed by atoms with van der Waals surface area (Å²) in [6, 6.07) is 7.25. The summed E-state index contributed by atoms with van der Waals surface area (Å²) in [4.78, 5) is 12.9. The van der Waals surface area contributed by atoms with Gasteiger partial charge in [0.15, 0.2) is 0 Å². The summed E-state index contributed by atoms with van der Waals surface area (Å²) in [5, 5.41) is 0. The fraction of sp³-hybridized carbons (Fsp3) is 0.522. The monoisotopic (exact) mass is 354 g/mol. The van der Waals surface area contributed by atoms with Gasteiger partial charge in [-0.25, -0.2) is 0 Å². The molecule has 1 aliphatic carbocycles. The van der Waals surface area contributed by atoms with Crippen LogP contribution in [0.2, 0.25) is 0 Å². The molecule has 1 fully saturated rings. The molecule has 3 heteroatoms. The zero-order valence-electron chi connectivity index (χ0n) is 16.2. The number of carbonyl (C=O) groups is 1. The molecule has 142 valence electrons. The third-order valence-corrected chi connectivity index (χ3v) is 5.73. The van der Waals surface area contributed by atoms with E-state index in [1.165, 1.54) is 36.0 Å². The number of rotatable bonds is 10. The minimum absolute atomic E-state index is 0.202. The number of hydrogen-bond acceptors (Lipinski definition) is 3. The van der Waals surface area contributed by atoms with Gasteiger partial charge in [0, 0.05) is 25.0 Å². The van der Waals surface area contributed by atoms with E-state index in [2.05, 4.69) is 43.3 Å². The number of aldehydes is 1. The molecule has 3 nitrogen and oxygen atoms in total. The number of carbonyl (C=O) groups excluding carboxylic acids is 1. The standard InChI is InChI=1S/C23H34N2O/c1-4-19-13-12-18(15-20-9-6-7-11-23(20)24)16-21(19)17-25(3)22(5-2)10-8-14-26/h4-5,12-14,16,20,22-23H,1-2,6-11,15,17,24H2,3H3/t20-,22?,23?/m1/s1. The molecule has 26 heavy (non-hydrogen) atoms. The van der Waals surface area contributed by atoms with Gasteiger partial charge in [0.05, 0.1) is 0 Å². The number of nitrogens with two attached hydrogens (primary N) is 1. The molecule has 0 radical (unpaired) electrons. The van der Waals surface area contributed by atoms with Gasteiger partial charge in [-0.2, -0.15) is 0 Å². The molecule has 0 aromatic heterocycles. The van der Waals surface area contributed by atoms with Gasteiger partial charge < -0.3 is 10.5 Å². The zero-order chi connectivity index (χ0) is 18.9. The summed E-state index contributed by atoms with van der Waals surface area (Å²) in [6.07, 6.45) is 12.2. The van der Waals surface area contributed by atoms with Gasteiger partial charge in [-0.1, -0.05) is 49.8 Å². The number of hydrogen-bond donors (Lipinski definition) is 1. The van der Waals surface area contributed by atoms with E-state index >= 15 is 0 Å². The first-order chi connectivity index (χ1) is 12.6. The van der Waals surface area contributed by atoms with Crippen LogP contribution in [-0.4, -0.2) is 30.3 Å². The molecule has 0 bridgehead atoms. The van der Waals surface area contributed by atoms with Crippen LogP contribution < -0.4 is 5.73 Å². The van der Waals surface area contributed by atoms with Crippen molar-refractivity contribution >= 4 is 12.4 Å². The topological polar surface area (TPSA) is 46.3 Å². The zero-order valence-corrected chi connectivity index (χ0v) is 16.2. The molecule has 3 atom stereocenters. The van der Waals surface area contributed by atoms with Crippen LogP contribution in [0.25, 0.3) is 6.08 Å². The van der Waals surface area contributed by atoms with Crippen molar-refractivity contribution in [2.24, 2.45) is 11.7 Å². The molecule has 1 aliphatic rings. The Labute approximate surface area is 159 Å². The Bertz CT molecular complexity index is 610. The van der Waals surface area contributed by atoms with Crippen molar-refractivity contribution in [3.05, 3.63) is 54.1 Å². The minimum Gasteiger partial charge on any atom is -0.327 e. The Hall–Kier alpha value is -1.71. The Morgan fingerprint density at radius 1 is 1.31 bits per heavy atom. The van der Waals surface area contributed by atoms with Crippen LogP contribution >= 0.6 is 0 Å². The van der Waals surface area contributed by atoms with Crippen LogP contribution in [0.1, 0.15) is 55.2 Å². The van der Waals surface area contributed by atoms with E-state index in [1.54, 1.807) is 0 Å². The lowest BCUT2D eigenvalue weighted by atomic mass is 9.81. The van der Waals surface area contributed by atoms with Crippen molar-refractivity contribution in [3.8, 4) is 0 Å². The van der Waals surface area contributed by atoms with Gasteiger partial charge >= 0.3 is 0 Å². The van der Waals surface area contributed by atoms with Crippen molar-refractivity contribution in [2.45, 2.75) is 63.6 Å². The van der Waals surface area contributed by atoms with Crippen LogP contribution in [0, 0.1) is 5.92 Å². The first kappa shape index (κ1) is 20.6. The minimum atomic E-state index is 0.202. The lowest BCUT2D eigenvalue weighted by Crippen LogP contribution is -2.34. The predicted molar refractivity (Wildman–Crippen MR) is 111 cm³/mol. The Kier molecular flexibility index (Phi) is 8.27. The summed E-state index contributed by atoms with van der Waals surface area (Å²) in [5.41, 5.74) is 10.2. The molecule has 0 heterocycles. The van der Waals surface area contributed by atoms with Crippen molar-refractivity contribution < 1.29 is 4.79 Å².